The van der Waals surface area contributed by atoms with Gasteiger partial charge in [0.1, 0.15) is 17.1 Å². The van der Waals surface area contributed by atoms with Crippen molar-refractivity contribution in [3.8, 4) is 16.9 Å². The molecule has 2 aromatic rings. The summed E-state index contributed by atoms with van der Waals surface area (Å²) in [4.78, 5) is 11.2. The van der Waals surface area contributed by atoms with Crippen molar-refractivity contribution >= 4 is 17.6 Å². The van der Waals surface area contributed by atoms with Gasteiger partial charge in [-0.05, 0) is 24.3 Å². The van der Waals surface area contributed by atoms with Gasteiger partial charge in [-0.1, -0.05) is 23.7 Å². The van der Waals surface area contributed by atoms with Crippen LogP contribution in [-0.2, 0) is 0 Å². The predicted octanol–water partition coefficient (Wildman–Crippen LogP) is 3.85. The highest BCUT2D eigenvalue weighted by Gasteiger charge is 2.19. The summed E-state index contributed by atoms with van der Waals surface area (Å²) in [6, 6.07) is 8.82. The molecule has 98 valence electrons. The molecule has 0 atom stereocenters. The van der Waals surface area contributed by atoms with Crippen molar-refractivity contribution in [1.29, 1.82) is 0 Å². The molecule has 0 unspecified atom stereocenters. The number of carboxylic acids is 1. The molecule has 3 nitrogen and oxygen atoms in total. The minimum atomic E-state index is -1.34. The fourth-order valence-electron chi connectivity index (χ4n) is 1.86. The van der Waals surface area contributed by atoms with Crippen LogP contribution < -0.4 is 4.74 Å². The Bertz CT molecular complexity index is 641. The first-order valence-electron chi connectivity index (χ1n) is 5.40. The molecule has 0 radical (unpaired) electrons. The van der Waals surface area contributed by atoms with E-state index in [1.165, 1.54) is 19.2 Å². The summed E-state index contributed by atoms with van der Waals surface area (Å²) in [5.74, 6) is -1.71. The van der Waals surface area contributed by atoms with Crippen LogP contribution in [0.4, 0.5) is 4.39 Å². The first kappa shape index (κ1) is 13.4. The Morgan fingerprint density at radius 2 is 2.00 bits per heavy atom. The Hall–Kier alpha value is -2.07. The van der Waals surface area contributed by atoms with Gasteiger partial charge in [-0.2, -0.15) is 0 Å². The third-order valence-electron chi connectivity index (χ3n) is 2.68. The fraction of sp³-hybridized carbons (Fsp3) is 0.0714. The van der Waals surface area contributed by atoms with Gasteiger partial charge >= 0.3 is 5.97 Å². The predicted molar refractivity (Wildman–Crippen MR) is 70.4 cm³/mol. The van der Waals surface area contributed by atoms with Crippen LogP contribution >= 0.6 is 11.6 Å². The van der Waals surface area contributed by atoms with Crippen molar-refractivity contribution in [1.82, 2.24) is 0 Å². The van der Waals surface area contributed by atoms with E-state index < -0.39 is 17.3 Å². The van der Waals surface area contributed by atoms with Crippen molar-refractivity contribution in [3.63, 3.8) is 0 Å². The summed E-state index contributed by atoms with van der Waals surface area (Å²) in [5, 5.41) is 9.54. The number of ether oxygens (including phenoxy) is 1. The molecular formula is C14H10ClFO3. The van der Waals surface area contributed by atoms with E-state index in [1.54, 1.807) is 18.2 Å². The van der Waals surface area contributed by atoms with Gasteiger partial charge < -0.3 is 9.84 Å². The summed E-state index contributed by atoms with van der Waals surface area (Å²) in [6.45, 7) is 0. The van der Waals surface area contributed by atoms with Gasteiger partial charge in [0.2, 0.25) is 0 Å². The maximum Gasteiger partial charge on any atom is 0.339 e. The molecule has 0 aliphatic rings. The van der Waals surface area contributed by atoms with Gasteiger partial charge in [0.15, 0.2) is 0 Å². The highest BCUT2D eigenvalue weighted by Crippen LogP contribution is 2.35. The number of rotatable bonds is 3. The highest BCUT2D eigenvalue weighted by molar-refractivity contribution is 6.31. The summed E-state index contributed by atoms with van der Waals surface area (Å²) < 4.78 is 18.8. The maximum atomic E-state index is 13.7. The van der Waals surface area contributed by atoms with Crippen molar-refractivity contribution in [3.05, 3.63) is 52.8 Å². The molecule has 0 spiro atoms. The molecule has 19 heavy (non-hydrogen) atoms. The number of aromatic carboxylic acids is 1. The molecule has 2 rings (SSSR count). The summed E-state index contributed by atoms with van der Waals surface area (Å²) in [7, 11) is 1.45. The second-order valence-electron chi connectivity index (χ2n) is 3.81. The number of benzene rings is 2. The molecule has 0 heterocycles. The first-order valence-corrected chi connectivity index (χ1v) is 5.78. The Kier molecular flexibility index (Phi) is 3.71. The largest absolute Gasteiger partial charge is 0.496 e. The van der Waals surface area contributed by atoms with Crippen LogP contribution in [0, 0.1) is 5.82 Å². The molecule has 0 saturated heterocycles. The topological polar surface area (TPSA) is 46.5 Å². The zero-order chi connectivity index (χ0) is 14.0. The molecule has 0 saturated carbocycles. The molecule has 1 N–H and O–H groups in total. The van der Waals surface area contributed by atoms with Crippen LogP contribution in [0.15, 0.2) is 36.4 Å². The Morgan fingerprint density at radius 1 is 1.26 bits per heavy atom. The SMILES string of the molecule is COc1ccc(Cl)cc1-c1cccc(F)c1C(=O)O. The van der Waals surface area contributed by atoms with Crippen molar-refractivity contribution in [2.24, 2.45) is 0 Å². The average molecular weight is 281 g/mol. The molecule has 0 aromatic heterocycles. The van der Waals surface area contributed by atoms with Crippen LogP contribution in [0.5, 0.6) is 5.75 Å². The minimum Gasteiger partial charge on any atom is -0.496 e. The molecule has 0 aliphatic carbocycles. The molecule has 2 aromatic carbocycles. The van der Waals surface area contributed by atoms with Gasteiger partial charge in [-0.25, -0.2) is 9.18 Å². The third kappa shape index (κ3) is 2.53. The number of methoxy groups -OCH3 is 1. The van der Waals surface area contributed by atoms with Crippen molar-refractivity contribution < 1.29 is 19.0 Å². The smallest absolute Gasteiger partial charge is 0.339 e. The van der Waals surface area contributed by atoms with E-state index in [1.807, 2.05) is 0 Å². The van der Waals surface area contributed by atoms with E-state index in [-0.39, 0.29) is 5.56 Å². The lowest BCUT2D eigenvalue weighted by Gasteiger charge is -2.12. The van der Waals surface area contributed by atoms with Crippen LogP contribution in [-0.4, -0.2) is 18.2 Å². The van der Waals surface area contributed by atoms with Gasteiger partial charge in [-0.3, -0.25) is 0 Å². The lowest BCUT2D eigenvalue weighted by atomic mass is 9.98. The second-order valence-corrected chi connectivity index (χ2v) is 4.25. The molecule has 0 amide bonds. The Labute approximate surface area is 114 Å². The third-order valence-corrected chi connectivity index (χ3v) is 2.91. The number of hydrogen-bond donors (Lipinski definition) is 1. The number of carboxylic acid groups (broad SMARTS) is 1. The van der Waals surface area contributed by atoms with Crippen molar-refractivity contribution in [2.45, 2.75) is 0 Å². The molecule has 5 heteroatoms. The number of hydrogen-bond acceptors (Lipinski definition) is 2. The number of carbonyl (C=O) groups is 1. The molecule has 0 bridgehead atoms. The van der Waals surface area contributed by atoms with E-state index >= 15 is 0 Å². The number of halogens is 2. The first-order chi connectivity index (χ1) is 9.04. The quantitative estimate of drug-likeness (QED) is 0.929. The Balaban J connectivity index is 2.75. The van der Waals surface area contributed by atoms with E-state index in [9.17, 15) is 9.18 Å². The Morgan fingerprint density at radius 3 is 2.63 bits per heavy atom. The van der Waals surface area contributed by atoms with E-state index in [0.717, 1.165) is 6.07 Å². The van der Waals surface area contributed by atoms with Gasteiger partial charge in [-0.15, -0.1) is 0 Å². The van der Waals surface area contributed by atoms with Crippen molar-refractivity contribution in [2.75, 3.05) is 7.11 Å². The molecule has 0 aliphatic heterocycles. The lowest BCUT2D eigenvalue weighted by molar-refractivity contribution is 0.0693. The van der Waals surface area contributed by atoms with E-state index in [0.29, 0.717) is 16.3 Å². The van der Waals surface area contributed by atoms with Gasteiger partial charge in [0.05, 0.1) is 7.11 Å². The lowest BCUT2D eigenvalue weighted by Crippen LogP contribution is -2.04. The normalized spacial score (nSPS) is 10.3. The van der Waals surface area contributed by atoms with Crippen LogP contribution in [0.1, 0.15) is 10.4 Å². The summed E-state index contributed by atoms with van der Waals surface area (Å²) in [6.07, 6.45) is 0. The standard InChI is InChI=1S/C14H10ClFO3/c1-19-12-6-5-8(15)7-10(12)9-3-2-4-11(16)13(9)14(17)18/h2-7H,1H3,(H,17,18). The monoisotopic (exact) mass is 280 g/mol. The van der Waals surface area contributed by atoms with E-state index in [2.05, 4.69) is 0 Å². The second kappa shape index (κ2) is 5.28. The fourth-order valence-corrected chi connectivity index (χ4v) is 2.03. The van der Waals surface area contributed by atoms with Crippen LogP contribution in [0.2, 0.25) is 5.02 Å². The average Bonchev–Trinajstić information content (AvgIpc) is 2.37. The van der Waals surface area contributed by atoms with E-state index in [4.69, 9.17) is 21.4 Å². The van der Waals surface area contributed by atoms with Gasteiger partial charge in [0.25, 0.3) is 0 Å². The molecular weight excluding hydrogens is 271 g/mol. The summed E-state index contributed by atoms with van der Waals surface area (Å²) in [5.41, 5.74) is 0.266. The zero-order valence-electron chi connectivity index (χ0n) is 9.98. The zero-order valence-corrected chi connectivity index (χ0v) is 10.7. The minimum absolute atomic E-state index is 0.229. The maximum absolute atomic E-state index is 13.7. The van der Waals surface area contributed by atoms with Crippen LogP contribution in [0.3, 0.4) is 0 Å². The van der Waals surface area contributed by atoms with Gasteiger partial charge in [0, 0.05) is 16.1 Å². The highest BCUT2D eigenvalue weighted by atomic mass is 35.5. The molecule has 0 fully saturated rings. The van der Waals surface area contributed by atoms with Crippen LogP contribution in [0.25, 0.3) is 11.1 Å². The summed E-state index contributed by atoms with van der Waals surface area (Å²) >= 11 is 5.90.